The van der Waals surface area contributed by atoms with E-state index in [-0.39, 0.29) is 36.0 Å². The van der Waals surface area contributed by atoms with Gasteiger partial charge in [0.1, 0.15) is 24.7 Å². The molecular formula is C27H26ClFN4O5. The normalized spacial score (nSPS) is 14.4. The van der Waals surface area contributed by atoms with Crippen LogP contribution in [0.5, 0.6) is 5.75 Å². The molecule has 3 aromatic rings. The number of carbonyl (C=O) groups is 3. The van der Waals surface area contributed by atoms with Crippen LogP contribution >= 0.6 is 11.6 Å². The van der Waals surface area contributed by atoms with Crippen molar-refractivity contribution in [1.29, 1.82) is 0 Å². The van der Waals surface area contributed by atoms with Crippen molar-refractivity contribution in [3.8, 4) is 17.0 Å². The summed E-state index contributed by atoms with van der Waals surface area (Å²) in [5, 5.41) is 16.6. The maximum absolute atomic E-state index is 14.3. The summed E-state index contributed by atoms with van der Waals surface area (Å²) in [5.41, 5.74) is 1.79. The first-order valence-electron chi connectivity index (χ1n) is 12.3. The van der Waals surface area contributed by atoms with Gasteiger partial charge >= 0.3 is 5.97 Å². The van der Waals surface area contributed by atoms with E-state index >= 15 is 0 Å². The van der Waals surface area contributed by atoms with Gasteiger partial charge < -0.3 is 20.1 Å². The molecule has 198 valence electrons. The summed E-state index contributed by atoms with van der Waals surface area (Å²) in [7, 11) is 1.73. The molecule has 0 saturated heterocycles. The van der Waals surface area contributed by atoms with Crippen molar-refractivity contribution in [2.24, 2.45) is 13.0 Å². The first-order valence-corrected chi connectivity index (χ1v) is 12.7. The number of fused-ring (bicyclic) bond motifs is 3. The van der Waals surface area contributed by atoms with Gasteiger partial charge in [-0.05, 0) is 55.2 Å². The van der Waals surface area contributed by atoms with Gasteiger partial charge in [0.15, 0.2) is 5.69 Å². The third-order valence-corrected chi connectivity index (χ3v) is 7.21. The van der Waals surface area contributed by atoms with E-state index in [9.17, 15) is 23.9 Å². The zero-order valence-electron chi connectivity index (χ0n) is 20.7. The first-order chi connectivity index (χ1) is 18.2. The number of carbonyl (C=O) groups excluding carboxylic acids is 2. The monoisotopic (exact) mass is 540 g/mol. The quantitative estimate of drug-likeness (QED) is 0.447. The Labute approximate surface area is 223 Å². The van der Waals surface area contributed by atoms with Gasteiger partial charge in [-0.15, -0.1) is 0 Å². The van der Waals surface area contributed by atoms with Crippen molar-refractivity contribution in [1.82, 2.24) is 14.7 Å². The lowest BCUT2D eigenvalue weighted by atomic mass is 10.0. The molecular weight excluding hydrogens is 515 g/mol. The molecule has 1 fully saturated rings. The van der Waals surface area contributed by atoms with Crippen molar-refractivity contribution in [2.45, 2.75) is 32.3 Å². The lowest BCUT2D eigenvalue weighted by molar-refractivity contribution is -0.117. The van der Waals surface area contributed by atoms with E-state index in [1.807, 2.05) is 0 Å². The van der Waals surface area contributed by atoms with Crippen LogP contribution in [0.3, 0.4) is 0 Å². The van der Waals surface area contributed by atoms with Crippen LogP contribution in [0.15, 0.2) is 36.4 Å². The number of halogens is 2. The molecule has 38 heavy (non-hydrogen) atoms. The van der Waals surface area contributed by atoms with Crippen LogP contribution in [0.25, 0.3) is 11.3 Å². The Kier molecular flexibility index (Phi) is 7.07. The van der Waals surface area contributed by atoms with Crippen molar-refractivity contribution in [3.05, 3.63) is 64.1 Å². The van der Waals surface area contributed by atoms with Gasteiger partial charge in [0.05, 0.1) is 16.9 Å². The molecule has 0 bridgehead atoms. The minimum Gasteiger partial charge on any atom is -0.488 e. The van der Waals surface area contributed by atoms with Crippen LogP contribution in [-0.2, 0) is 18.4 Å². The number of rotatable bonds is 7. The summed E-state index contributed by atoms with van der Waals surface area (Å²) in [6.07, 6.45) is 3.99. The van der Waals surface area contributed by atoms with Gasteiger partial charge in [0, 0.05) is 29.7 Å². The van der Waals surface area contributed by atoms with E-state index in [0.29, 0.717) is 22.9 Å². The van der Waals surface area contributed by atoms with E-state index in [4.69, 9.17) is 16.3 Å². The lowest BCUT2D eigenvalue weighted by Gasteiger charge is -2.25. The molecule has 2 aliphatic rings. The molecule has 1 aromatic heterocycles. The van der Waals surface area contributed by atoms with Gasteiger partial charge in [-0.3, -0.25) is 14.3 Å². The Bertz CT molecular complexity index is 1430. The average molecular weight is 541 g/mol. The second-order valence-corrected chi connectivity index (χ2v) is 10.0. The molecule has 2 heterocycles. The van der Waals surface area contributed by atoms with Crippen LogP contribution in [0, 0.1) is 11.7 Å². The number of nitrogens with zero attached hydrogens (tertiary/aromatic N) is 3. The summed E-state index contributed by atoms with van der Waals surface area (Å²) in [6.45, 7) is 0.134. The number of carboxylic acids is 1. The largest absolute Gasteiger partial charge is 0.488 e. The number of benzene rings is 2. The zero-order valence-corrected chi connectivity index (χ0v) is 21.4. The number of carboxylic acid groups (broad SMARTS) is 1. The Morgan fingerprint density at radius 3 is 2.71 bits per heavy atom. The molecule has 2 amide bonds. The number of hydrogen-bond donors (Lipinski definition) is 2. The maximum atomic E-state index is 14.3. The Morgan fingerprint density at radius 1 is 1.21 bits per heavy atom. The Balaban J connectivity index is 1.43. The van der Waals surface area contributed by atoms with E-state index in [0.717, 1.165) is 55.1 Å². The standard InChI is InChI=1S/C27H26ClFN4O5/c1-32-25-18-11-17(28)7-9-22(18)38-14-19(25)24(31-32)26(35)33(12-15-4-2-3-5-15)13-23(34)30-21-10-16(27(36)37)6-8-20(21)29/h6-11,15H,2-5,12-14H2,1H3,(H,30,34)(H,36,37). The molecule has 2 aromatic carbocycles. The molecule has 1 aliphatic carbocycles. The molecule has 1 saturated carbocycles. The van der Waals surface area contributed by atoms with Crippen LogP contribution in [0.4, 0.5) is 10.1 Å². The fourth-order valence-corrected chi connectivity index (χ4v) is 5.34. The number of aryl methyl sites for hydroxylation is 1. The smallest absolute Gasteiger partial charge is 0.335 e. The van der Waals surface area contributed by atoms with Gasteiger partial charge in [-0.1, -0.05) is 24.4 Å². The summed E-state index contributed by atoms with van der Waals surface area (Å²) >= 11 is 6.21. The molecule has 9 nitrogen and oxygen atoms in total. The fraction of sp³-hybridized carbons (Fsp3) is 0.333. The molecule has 0 unspecified atom stereocenters. The number of hydrogen-bond acceptors (Lipinski definition) is 5. The fourth-order valence-electron chi connectivity index (χ4n) is 5.17. The van der Waals surface area contributed by atoms with Gasteiger partial charge in [-0.2, -0.15) is 5.10 Å². The molecule has 1 aliphatic heterocycles. The van der Waals surface area contributed by atoms with Crippen LogP contribution in [0.1, 0.15) is 52.1 Å². The van der Waals surface area contributed by atoms with Crippen LogP contribution < -0.4 is 10.1 Å². The minimum absolute atomic E-state index is 0.134. The molecule has 0 radical (unpaired) electrons. The summed E-state index contributed by atoms with van der Waals surface area (Å²) in [4.78, 5) is 39.5. The zero-order chi connectivity index (χ0) is 27.0. The van der Waals surface area contributed by atoms with E-state index < -0.39 is 23.6 Å². The van der Waals surface area contributed by atoms with E-state index in [2.05, 4.69) is 10.4 Å². The Hall–Kier alpha value is -3.92. The molecule has 11 heteroatoms. The lowest BCUT2D eigenvalue weighted by Crippen LogP contribution is -2.41. The minimum atomic E-state index is -1.25. The molecule has 0 atom stereocenters. The van der Waals surface area contributed by atoms with Gasteiger partial charge in [0.2, 0.25) is 5.91 Å². The predicted molar refractivity (Wildman–Crippen MR) is 138 cm³/mol. The third kappa shape index (κ3) is 5.08. The highest BCUT2D eigenvalue weighted by Crippen LogP contribution is 2.40. The SMILES string of the molecule is Cn1nc(C(=O)N(CC(=O)Nc2cc(C(=O)O)ccc2F)CC2CCCC2)c2c1-c1cc(Cl)ccc1OC2. The second kappa shape index (κ2) is 10.4. The van der Waals surface area contributed by atoms with Gasteiger partial charge in [0.25, 0.3) is 5.91 Å². The van der Waals surface area contributed by atoms with Gasteiger partial charge in [-0.25, -0.2) is 9.18 Å². The van der Waals surface area contributed by atoms with E-state index in [1.54, 1.807) is 29.9 Å². The highest BCUT2D eigenvalue weighted by atomic mass is 35.5. The summed E-state index contributed by atoms with van der Waals surface area (Å²) in [6, 6.07) is 8.39. The topological polar surface area (TPSA) is 114 Å². The second-order valence-electron chi connectivity index (χ2n) is 9.61. The molecule has 5 rings (SSSR count). The molecule has 2 N–H and O–H groups in total. The van der Waals surface area contributed by atoms with E-state index in [1.165, 1.54) is 4.90 Å². The Morgan fingerprint density at radius 2 is 1.97 bits per heavy atom. The first kappa shape index (κ1) is 25.7. The maximum Gasteiger partial charge on any atom is 0.335 e. The highest BCUT2D eigenvalue weighted by Gasteiger charge is 2.33. The van der Waals surface area contributed by atoms with Crippen molar-refractivity contribution in [2.75, 3.05) is 18.4 Å². The van der Waals surface area contributed by atoms with Crippen molar-refractivity contribution >= 4 is 35.1 Å². The number of aromatic carboxylic acids is 1. The van der Waals surface area contributed by atoms with Crippen molar-refractivity contribution in [3.63, 3.8) is 0 Å². The predicted octanol–water partition coefficient (Wildman–Crippen LogP) is 4.74. The van der Waals surface area contributed by atoms with Crippen molar-refractivity contribution < 1.29 is 28.6 Å². The third-order valence-electron chi connectivity index (χ3n) is 6.98. The number of aromatic nitrogens is 2. The van der Waals surface area contributed by atoms with Crippen LogP contribution in [0.2, 0.25) is 5.02 Å². The molecule has 0 spiro atoms. The number of nitrogens with one attached hydrogen (secondary N) is 1. The summed E-state index contributed by atoms with van der Waals surface area (Å²) < 4.78 is 21.8. The number of amides is 2. The highest BCUT2D eigenvalue weighted by molar-refractivity contribution is 6.31. The number of anilines is 1. The average Bonchev–Trinajstić information content (AvgIpc) is 3.52. The van der Waals surface area contributed by atoms with Crippen LogP contribution in [-0.4, -0.2) is 50.7 Å². The summed E-state index contributed by atoms with van der Waals surface area (Å²) in [5.74, 6) is -2.23. The number of ether oxygens (including phenoxy) is 1.